The number of morpholine rings is 1. The van der Waals surface area contributed by atoms with Gasteiger partial charge in [-0.25, -0.2) is 4.98 Å². The zero-order valence-corrected chi connectivity index (χ0v) is 17.6. The van der Waals surface area contributed by atoms with Gasteiger partial charge in [-0.05, 0) is 25.3 Å². The SMILES string of the molecule is CC1CN(C(=O)CN2CCc3nc(NC(=O)c4ccsc4)sc3C2)CC(C)O1. The van der Waals surface area contributed by atoms with Crippen molar-refractivity contribution in [1.82, 2.24) is 14.8 Å². The number of nitrogens with one attached hydrogen (secondary N) is 1. The molecule has 0 spiro atoms. The third kappa shape index (κ3) is 4.43. The fourth-order valence-corrected chi connectivity index (χ4v) is 5.35. The number of thiazole rings is 1. The molecule has 7 nitrogen and oxygen atoms in total. The third-order valence-electron chi connectivity index (χ3n) is 4.95. The van der Waals surface area contributed by atoms with Crippen molar-refractivity contribution >= 4 is 39.6 Å². The summed E-state index contributed by atoms with van der Waals surface area (Å²) in [5, 5.41) is 7.22. The summed E-state index contributed by atoms with van der Waals surface area (Å²) < 4.78 is 5.72. The number of ether oxygens (including phenoxy) is 1. The minimum absolute atomic E-state index is 0.0801. The molecule has 0 aliphatic carbocycles. The summed E-state index contributed by atoms with van der Waals surface area (Å²) in [6.07, 6.45) is 0.955. The number of carbonyl (C=O) groups is 2. The van der Waals surface area contributed by atoms with E-state index >= 15 is 0 Å². The smallest absolute Gasteiger partial charge is 0.258 e. The van der Waals surface area contributed by atoms with Gasteiger partial charge in [-0.3, -0.25) is 19.8 Å². The lowest BCUT2D eigenvalue weighted by atomic mass is 10.1. The molecule has 0 aromatic carbocycles. The topological polar surface area (TPSA) is 74.8 Å². The summed E-state index contributed by atoms with van der Waals surface area (Å²) in [5.74, 6) is 0.0240. The first-order valence-corrected chi connectivity index (χ1v) is 11.2. The number of amides is 2. The van der Waals surface area contributed by atoms with E-state index in [2.05, 4.69) is 15.2 Å². The van der Waals surface area contributed by atoms with Gasteiger partial charge in [0.05, 0.1) is 30.0 Å². The van der Waals surface area contributed by atoms with E-state index in [-0.39, 0.29) is 24.0 Å². The number of carbonyl (C=O) groups excluding carboxylic acids is 2. The molecule has 2 aromatic heterocycles. The van der Waals surface area contributed by atoms with Crippen LogP contribution in [0.1, 0.15) is 34.8 Å². The van der Waals surface area contributed by atoms with Gasteiger partial charge < -0.3 is 9.64 Å². The van der Waals surface area contributed by atoms with Crippen LogP contribution in [0, 0.1) is 0 Å². The Kier molecular flexibility index (Phi) is 5.77. The van der Waals surface area contributed by atoms with Gasteiger partial charge in [-0.1, -0.05) is 0 Å². The Labute approximate surface area is 172 Å². The lowest BCUT2D eigenvalue weighted by Crippen LogP contribution is -2.51. The van der Waals surface area contributed by atoms with Crippen LogP contribution in [-0.2, 0) is 22.5 Å². The predicted octanol–water partition coefficient (Wildman–Crippen LogP) is 2.45. The molecule has 0 radical (unpaired) electrons. The maximum Gasteiger partial charge on any atom is 0.258 e. The van der Waals surface area contributed by atoms with Crippen molar-refractivity contribution in [3.63, 3.8) is 0 Å². The monoisotopic (exact) mass is 420 g/mol. The van der Waals surface area contributed by atoms with Gasteiger partial charge in [-0.15, -0.1) is 11.3 Å². The maximum absolute atomic E-state index is 12.7. The first-order valence-electron chi connectivity index (χ1n) is 9.45. The van der Waals surface area contributed by atoms with E-state index in [1.807, 2.05) is 29.5 Å². The summed E-state index contributed by atoms with van der Waals surface area (Å²) in [6.45, 7) is 7.23. The summed E-state index contributed by atoms with van der Waals surface area (Å²) in [5.41, 5.74) is 1.68. The van der Waals surface area contributed by atoms with Crippen LogP contribution in [0.5, 0.6) is 0 Å². The molecule has 150 valence electrons. The lowest BCUT2D eigenvalue weighted by Gasteiger charge is -2.36. The number of nitrogens with zero attached hydrogens (tertiary/aromatic N) is 3. The third-order valence-corrected chi connectivity index (χ3v) is 6.63. The molecule has 2 amide bonds. The van der Waals surface area contributed by atoms with Crippen LogP contribution < -0.4 is 5.32 Å². The largest absolute Gasteiger partial charge is 0.372 e. The average Bonchev–Trinajstić information content (AvgIpc) is 3.29. The molecule has 28 heavy (non-hydrogen) atoms. The zero-order valence-electron chi connectivity index (χ0n) is 16.0. The van der Waals surface area contributed by atoms with Crippen LogP contribution in [0.2, 0.25) is 0 Å². The molecule has 1 saturated heterocycles. The summed E-state index contributed by atoms with van der Waals surface area (Å²) in [4.78, 5) is 34.7. The number of hydrogen-bond donors (Lipinski definition) is 1. The van der Waals surface area contributed by atoms with Crippen LogP contribution in [0.25, 0.3) is 0 Å². The van der Waals surface area contributed by atoms with Crippen LogP contribution in [0.3, 0.4) is 0 Å². The zero-order chi connectivity index (χ0) is 19.7. The Hall–Kier alpha value is -1.81. The van der Waals surface area contributed by atoms with E-state index in [0.29, 0.717) is 36.9 Å². The second-order valence-electron chi connectivity index (χ2n) is 7.37. The van der Waals surface area contributed by atoms with Crippen molar-refractivity contribution in [3.8, 4) is 0 Å². The van der Waals surface area contributed by atoms with Crippen LogP contribution in [-0.4, -0.2) is 65.0 Å². The molecular formula is C19H24N4O3S2. The first-order chi connectivity index (χ1) is 13.5. The predicted molar refractivity (Wildman–Crippen MR) is 110 cm³/mol. The molecule has 9 heteroatoms. The average molecular weight is 421 g/mol. The van der Waals surface area contributed by atoms with Crippen molar-refractivity contribution in [3.05, 3.63) is 33.0 Å². The molecule has 4 rings (SSSR count). The van der Waals surface area contributed by atoms with Crippen molar-refractivity contribution in [2.75, 3.05) is 31.5 Å². The molecule has 2 aromatic rings. The first kappa shape index (κ1) is 19.5. The lowest BCUT2D eigenvalue weighted by molar-refractivity contribution is -0.144. The molecule has 1 N–H and O–H groups in total. The van der Waals surface area contributed by atoms with E-state index in [4.69, 9.17) is 4.74 Å². The van der Waals surface area contributed by atoms with E-state index in [0.717, 1.165) is 23.5 Å². The van der Waals surface area contributed by atoms with E-state index in [1.54, 1.807) is 6.07 Å². The number of anilines is 1. The summed E-state index contributed by atoms with van der Waals surface area (Å²) in [6, 6.07) is 1.80. The van der Waals surface area contributed by atoms with Crippen molar-refractivity contribution in [2.24, 2.45) is 0 Å². The van der Waals surface area contributed by atoms with Crippen LogP contribution in [0.15, 0.2) is 16.8 Å². The number of rotatable bonds is 4. The van der Waals surface area contributed by atoms with Crippen molar-refractivity contribution < 1.29 is 14.3 Å². The van der Waals surface area contributed by atoms with Gasteiger partial charge in [-0.2, -0.15) is 11.3 Å². The fourth-order valence-electron chi connectivity index (χ4n) is 3.67. The minimum Gasteiger partial charge on any atom is -0.372 e. The molecule has 2 aliphatic rings. The Morgan fingerprint density at radius 2 is 2.11 bits per heavy atom. The molecule has 4 heterocycles. The summed E-state index contributed by atoms with van der Waals surface area (Å²) >= 11 is 3.00. The highest BCUT2D eigenvalue weighted by molar-refractivity contribution is 7.16. The van der Waals surface area contributed by atoms with Gasteiger partial charge in [0.25, 0.3) is 5.91 Å². The van der Waals surface area contributed by atoms with Gasteiger partial charge in [0.1, 0.15) is 0 Å². The minimum atomic E-state index is -0.130. The summed E-state index contributed by atoms with van der Waals surface area (Å²) in [7, 11) is 0. The second kappa shape index (κ2) is 8.28. The highest BCUT2D eigenvalue weighted by atomic mass is 32.1. The highest BCUT2D eigenvalue weighted by Crippen LogP contribution is 2.29. The molecule has 0 bridgehead atoms. The number of aromatic nitrogens is 1. The van der Waals surface area contributed by atoms with Crippen LogP contribution >= 0.6 is 22.7 Å². The second-order valence-corrected chi connectivity index (χ2v) is 9.24. The van der Waals surface area contributed by atoms with Gasteiger partial charge in [0, 0.05) is 42.9 Å². The molecule has 2 atom stereocenters. The van der Waals surface area contributed by atoms with Gasteiger partial charge in [0.15, 0.2) is 5.13 Å². The highest BCUT2D eigenvalue weighted by Gasteiger charge is 2.29. The Morgan fingerprint density at radius 1 is 1.32 bits per heavy atom. The Balaban J connectivity index is 1.35. The van der Waals surface area contributed by atoms with Gasteiger partial charge >= 0.3 is 0 Å². The fraction of sp³-hybridized carbons (Fsp3) is 0.526. The maximum atomic E-state index is 12.7. The molecule has 2 aliphatic heterocycles. The number of hydrogen-bond acceptors (Lipinski definition) is 7. The molecule has 0 saturated carbocycles. The van der Waals surface area contributed by atoms with Crippen molar-refractivity contribution in [1.29, 1.82) is 0 Å². The van der Waals surface area contributed by atoms with Crippen molar-refractivity contribution in [2.45, 2.75) is 39.0 Å². The Bertz CT molecular complexity index is 841. The quantitative estimate of drug-likeness (QED) is 0.822. The van der Waals surface area contributed by atoms with Crippen LogP contribution in [0.4, 0.5) is 5.13 Å². The number of fused-ring (bicyclic) bond motifs is 1. The van der Waals surface area contributed by atoms with E-state index < -0.39 is 0 Å². The standard InChI is InChI=1S/C19H24N4O3S2/c1-12-7-23(8-13(2)26-12)17(24)10-22-5-3-15-16(9-22)28-19(20-15)21-18(25)14-4-6-27-11-14/h4,6,11-13H,3,5,7-10H2,1-2H3,(H,20,21,25). The Morgan fingerprint density at radius 3 is 2.82 bits per heavy atom. The molecular weight excluding hydrogens is 396 g/mol. The molecule has 2 unspecified atom stereocenters. The van der Waals surface area contributed by atoms with E-state index in [1.165, 1.54) is 22.7 Å². The normalized spacial score (nSPS) is 22.7. The van der Waals surface area contributed by atoms with Gasteiger partial charge in [0.2, 0.25) is 5.91 Å². The number of thiophene rings is 1. The van der Waals surface area contributed by atoms with E-state index in [9.17, 15) is 9.59 Å². The molecule has 1 fully saturated rings.